The van der Waals surface area contributed by atoms with Crippen LogP contribution in [0.15, 0.2) is 29.2 Å². The zero-order chi connectivity index (χ0) is 13.6. The molecule has 18 heavy (non-hydrogen) atoms. The lowest BCUT2D eigenvalue weighted by Gasteiger charge is -2.09. The average molecular weight is 271 g/mol. The molecule has 0 fully saturated rings. The van der Waals surface area contributed by atoms with Gasteiger partial charge in [-0.15, -0.1) is 0 Å². The summed E-state index contributed by atoms with van der Waals surface area (Å²) >= 11 is 0. The van der Waals surface area contributed by atoms with E-state index in [9.17, 15) is 13.2 Å². The fraction of sp³-hybridized carbons (Fsp3) is 0.417. The number of carbonyl (C=O) groups is 1. The number of nitrogens with one attached hydrogen (secondary N) is 1. The molecule has 0 saturated carbocycles. The zero-order valence-electron chi connectivity index (χ0n) is 10.2. The summed E-state index contributed by atoms with van der Waals surface area (Å²) < 4.78 is 23.0. The Labute approximate surface area is 107 Å². The van der Waals surface area contributed by atoms with Gasteiger partial charge in [-0.2, -0.15) is 0 Å². The van der Waals surface area contributed by atoms with Crippen molar-refractivity contribution in [2.45, 2.75) is 24.3 Å². The van der Waals surface area contributed by atoms with E-state index in [1.165, 1.54) is 6.07 Å². The third-order valence-electron chi connectivity index (χ3n) is 2.41. The molecule has 0 aliphatic rings. The van der Waals surface area contributed by atoms with Crippen LogP contribution >= 0.6 is 0 Å². The molecule has 0 saturated heterocycles. The summed E-state index contributed by atoms with van der Waals surface area (Å²) in [6.45, 7) is 0.140. The van der Waals surface area contributed by atoms with Crippen molar-refractivity contribution < 1.29 is 18.3 Å². The van der Waals surface area contributed by atoms with Crippen molar-refractivity contribution >= 4 is 15.7 Å². The molecular weight excluding hydrogens is 254 g/mol. The van der Waals surface area contributed by atoms with Gasteiger partial charge in [0.25, 0.3) is 0 Å². The topological polar surface area (TPSA) is 83.5 Å². The lowest BCUT2D eigenvalue weighted by atomic mass is 10.2. The van der Waals surface area contributed by atoms with Gasteiger partial charge in [0, 0.05) is 25.8 Å². The SMILES string of the molecule is CS(=O)(=O)c1ccccc1CNC(=O)CCCO. The van der Waals surface area contributed by atoms with Crippen LogP contribution in [0.2, 0.25) is 0 Å². The molecule has 6 heteroatoms. The summed E-state index contributed by atoms with van der Waals surface area (Å²) in [6.07, 6.45) is 1.77. The minimum Gasteiger partial charge on any atom is -0.396 e. The maximum atomic E-state index is 11.5. The minimum atomic E-state index is -3.29. The number of aliphatic hydroxyl groups is 1. The third-order valence-corrected chi connectivity index (χ3v) is 3.61. The lowest BCUT2D eigenvalue weighted by molar-refractivity contribution is -0.121. The predicted octanol–water partition coefficient (Wildman–Crippen LogP) is 0.479. The predicted molar refractivity (Wildman–Crippen MR) is 67.7 cm³/mol. The Bertz CT molecular complexity index is 511. The first-order valence-corrected chi connectivity index (χ1v) is 7.50. The summed E-state index contributed by atoms with van der Waals surface area (Å²) in [4.78, 5) is 11.6. The molecule has 100 valence electrons. The van der Waals surface area contributed by atoms with Gasteiger partial charge in [0.05, 0.1) is 4.90 Å². The Hall–Kier alpha value is -1.40. The number of carbonyl (C=O) groups excluding carboxylic acids is 1. The van der Waals surface area contributed by atoms with E-state index in [-0.39, 0.29) is 30.4 Å². The molecule has 0 aromatic heterocycles. The number of amides is 1. The van der Waals surface area contributed by atoms with Gasteiger partial charge >= 0.3 is 0 Å². The number of hydrogen-bond donors (Lipinski definition) is 2. The first-order valence-electron chi connectivity index (χ1n) is 5.60. The highest BCUT2D eigenvalue weighted by Gasteiger charge is 2.12. The molecule has 1 rings (SSSR count). The molecule has 0 heterocycles. The van der Waals surface area contributed by atoms with Crippen LogP contribution in [-0.2, 0) is 21.2 Å². The molecule has 0 spiro atoms. The van der Waals surface area contributed by atoms with Crippen LogP contribution in [0.5, 0.6) is 0 Å². The smallest absolute Gasteiger partial charge is 0.220 e. The van der Waals surface area contributed by atoms with Crippen LogP contribution in [0.3, 0.4) is 0 Å². The molecule has 0 radical (unpaired) electrons. The highest BCUT2D eigenvalue weighted by atomic mass is 32.2. The van der Waals surface area contributed by atoms with Crippen molar-refractivity contribution in [3.8, 4) is 0 Å². The zero-order valence-corrected chi connectivity index (χ0v) is 11.0. The first kappa shape index (κ1) is 14.7. The molecule has 1 aromatic rings. The van der Waals surface area contributed by atoms with Gasteiger partial charge < -0.3 is 10.4 Å². The Kier molecular flexibility index (Phi) is 5.30. The highest BCUT2D eigenvalue weighted by Crippen LogP contribution is 2.14. The monoisotopic (exact) mass is 271 g/mol. The molecule has 0 atom stereocenters. The lowest BCUT2D eigenvalue weighted by Crippen LogP contribution is -2.23. The van der Waals surface area contributed by atoms with Gasteiger partial charge in [0.1, 0.15) is 0 Å². The summed E-state index contributed by atoms with van der Waals surface area (Å²) in [7, 11) is -3.29. The Morgan fingerprint density at radius 1 is 1.33 bits per heavy atom. The van der Waals surface area contributed by atoms with Crippen LogP contribution < -0.4 is 5.32 Å². The summed E-state index contributed by atoms with van der Waals surface area (Å²) in [5.41, 5.74) is 0.567. The highest BCUT2D eigenvalue weighted by molar-refractivity contribution is 7.90. The second kappa shape index (κ2) is 6.51. The fourth-order valence-electron chi connectivity index (χ4n) is 1.53. The molecule has 0 unspecified atom stereocenters. The van der Waals surface area contributed by atoms with E-state index in [1.54, 1.807) is 18.2 Å². The van der Waals surface area contributed by atoms with Crippen LogP contribution in [0.25, 0.3) is 0 Å². The number of aliphatic hydroxyl groups excluding tert-OH is 1. The second-order valence-electron chi connectivity index (χ2n) is 3.98. The maximum absolute atomic E-state index is 11.5. The molecule has 1 aromatic carbocycles. The van der Waals surface area contributed by atoms with E-state index in [4.69, 9.17) is 5.11 Å². The van der Waals surface area contributed by atoms with Gasteiger partial charge in [0.15, 0.2) is 9.84 Å². The van der Waals surface area contributed by atoms with Crippen molar-refractivity contribution in [3.05, 3.63) is 29.8 Å². The van der Waals surface area contributed by atoms with E-state index in [0.29, 0.717) is 12.0 Å². The molecule has 0 aliphatic heterocycles. The summed E-state index contributed by atoms with van der Waals surface area (Å²) in [6, 6.07) is 6.56. The average Bonchev–Trinajstić information content (AvgIpc) is 2.33. The summed E-state index contributed by atoms with van der Waals surface area (Å²) in [5, 5.41) is 11.2. The maximum Gasteiger partial charge on any atom is 0.220 e. The minimum absolute atomic E-state index is 0.0344. The Morgan fingerprint density at radius 3 is 2.61 bits per heavy atom. The Morgan fingerprint density at radius 2 is 2.00 bits per heavy atom. The first-order chi connectivity index (χ1) is 8.45. The normalized spacial score (nSPS) is 11.2. The molecule has 1 amide bonds. The van der Waals surface area contributed by atoms with Crippen LogP contribution in [0.1, 0.15) is 18.4 Å². The van der Waals surface area contributed by atoms with Crippen molar-refractivity contribution in [3.63, 3.8) is 0 Å². The van der Waals surface area contributed by atoms with Gasteiger partial charge in [-0.25, -0.2) is 8.42 Å². The van der Waals surface area contributed by atoms with Crippen LogP contribution in [0.4, 0.5) is 0 Å². The largest absolute Gasteiger partial charge is 0.396 e. The molecule has 5 nitrogen and oxygen atoms in total. The van der Waals surface area contributed by atoms with Crippen LogP contribution in [-0.4, -0.2) is 32.3 Å². The fourth-order valence-corrected chi connectivity index (χ4v) is 2.48. The van der Waals surface area contributed by atoms with E-state index in [2.05, 4.69) is 5.32 Å². The van der Waals surface area contributed by atoms with E-state index in [1.807, 2.05) is 0 Å². The van der Waals surface area contributed by atoms with E-state index < -0.39 is 9.84 Å². The second-order valence-corrected chi connectivity index (χ2v) is 5.97. The van der Waals surface area contributed by atoms with Gasteiger partial charge in [0.2, 0.25) is 5.91 Å². The molecule has 0 aliphatic carbocycles. The Balaban J connectivity index is 2.71. The molecule has 0 bridgehead atoms. The van der Waals surface area contributed by atoms with Crippen molar-refractivity contribution in [2.75, 3.05) is 12.9 Å². The van der Waals surface area contributed by atoms with Crippen LogP contribution in [0, 0.1) is 0 Å². The molecular formula is C12H17NO4S. The standard InChI is InChI=1S/C12H17NO4S/c1-18(16,17)11-6-3-2-5-10(11)9-13-12(15)7-4-8-14/h2-3,5-6,14H,4,7-9H2,1H3,(H,13,15). The van der Waals surface area contributed by atoms with Crippen molar-refractivity contribution in [2.24, 2.45) is 0 Å². The number of hydrogen-bond acceptors (Lipinski definition) is 4. The quantitative estimate of drug-likeness (QED) is 0.788. The molecule has 2 N–H and O–H groups in total. The van der Waals surface area contributed by atoms with Crippen molar-refractivity contribution in [1.29, 1.82) is 0 Å². The van der Waals surface area contributed by atoms with Crippen molar-refractivity contribution in [1.82, 2.24) is 5.32 Å². The number of sulfone groups is 1. The van der Waals surface area contributed by atoms with Gasteiger partial charge in [-0.05, 0) is 18.1 Å². The van der Waals surface area contributed by atoms with Gasteiger partial charge in [-0.3, -0.25) is 4.79 Å². The number of benzene rings is 1. The number of rotatable bonds is 6. The third kappa shape index (κ3) is 4.46. The van der Waals surface area contributed by atoms with E-state index in [0.717, 1.165) is 6.26 Å². The summed E-state index contributed by atoms with van der Waals surface area (Å²) in [5.74, 6) is -0.202. The van der Waals surface area contributed by atoms with E-state index >= 15 is 0 Å². The van der Waals surface area contributed by atoms with Gasteiger partial charge in [-0.1, -0.05) is 18.2 Å².